The predicted molar refractivity (Wildman–Crippen MR) is 65.1 cm³/mol. The zero-order chi connectivity index (χ0) is 11.8. The van der Waals surface area contributed by atoms with Crippen LogP contribution in [0.1, 0.15) is 31.5 Å². The van der Waals surface area contributed by atoms with Crippen molar-refractivity contribution in [1.29, 1.82) is 0 Å². The number of nitrogens with zero attached hydrogens (tertiary/aromatic N) is 2. The van der Waals surface area contributed by atoms with E-state index in [2.05, 4.69) is 4.98 Å². The largest absolute Gasteiger partial charge is 0.323 e. The van der Waals surface area contributed by atoms with Gasteiger partial charge in [-0.3, -0.25) is 0 Å². The van der Waals surface area contributed by atoms with Crippen LogP contribution in [0.3, 0.4) is 0 Å². The summed E-state index contributed by atoms with van der Waals surface area (Å²) in [5.74, 6) is 0.222. The van der Waals surface area contributed by atoms with Crippen molar-refractivity contribution in [3.63, 3.8) is 0 Å². The highest BCUT2D eigenvalue weighted by Crippen LogP contribution is 2.28. The number of nitrogens with two attached hydrogens (primary N) is 1. The fraction of sp³-hybridized carbons (Fsp3) is 0.667. The lowest BCUT2D eigenvalue weighted by Gasteiger charge is -2.25. The Morgan fingerprint density at radius 2 is 2.31 bits per heavy atom. The van der Waals surface area contributed by atoms with E-state index in [1.165, 1.54) is 15.6 Å². The molecule has 0 saturated carbocycles. The highest BCUT2D eigenvalue weighted by molar-refractivity contribution is 7.93. The number of aromatic nitrogens is 1. The van der Waals surface area contributed by atoms with E-state index in [4.69, 9.17) is 5.73 Å². The van der Waals surface area contributed by atoms with Crippen molar-refractivity contribution in [1.82, 2.24) is 4.98 Å². The molecule has 0 radical (unpaired) electrons. The van der Waals surface area contributed by atoms with Gasteiger partial charge in [0.15, 0.2) is 5.13 Å². The Balaban J connectivity index is 2.29. The molecule has 5 nitrogen and oxygen atoms in total. The van der Waals surface area contributed by atoms with Crippen LogP contribution in [0.4, 0.5) is 5.13 Å². The van der Waals surface area contributed by atoms with Gasteiger partial charge in [-0.15, -0.1) is 11.3 Å². The second-order valence-corrected chi connectivity index (χ2v) is 6.79. The first-order valence-corrected chi connectivity index (χ1v) is 7.71. The fourth-order valence-electron chi connectivity index (χ4n) is 1.60. The summed E-state index contributed by atoms with van der Waals surface area (Å²) in [6.45, 7) is 2.37. The minimum Gasteiger partial charge on any atom is -0.323 e. The van der Waals surface area contributed by atoms with Crippen molar-refractivity contribution in [2.75, 3.05) is 16.6 Å². The van der Waals surface area contributed by atoms with Crippen LogP contribution in [0, 0.1) is 0 Å². The number of anilines is 1. The number of hydrogen-bond donors (Lipinski definition) is 1. The molecule has 0 aromatic carbocycles. The molecule has 1 unspecified atom stereocenters. The maximum Gasteiger partial charge on any atom is 0.236 e. The molecule has 1 atom stereocenters. The van der Waals surface area contributed by atoms with Gasteiger partial charge in [-0.05, 0) is 19.8 Å². The van der Waals surface area contributed by atoms with Crippen molar-refractivity contribution in [2.45, 2.75) is 25.8 Å². The van der Waals surface area contributed by atoms with Gasteiger partial charge in [-0.2, -0.15) is 0 Å². The van der Waals surface area contributed by atoms with Crippen LogP contribution in [0.25, 0.3) is 0 Å². The Morgan fingerprint density at radius 3 is 2.88 bits per heavy atom. The first kappa shape index (κ1) is 11.8. The first-order valence-electron chi connectivity index (χ1n) is 5.22. The summed E-state index contributed by atoms with van der Waals surface area (Å²) in [4.78, 5) is 4.27. The van der Waals surface area contributed by atoms with E-state index in [1.54, 1.807) is 0 Å². The van der Waals surface area contributed by atoms with E-state index < -0.39 is 10.0 Å². The third-order valence-corrected chi connectivity index (χ3v) is 5.37. The van der Waals surface area contributed by atoms with Crippen LogP contribution < -0.4 is 10.0 Å². The zero-order valence-electron chi connectivity index (χ0n) is 9.09. The van der Waals surface area contributed by atoms with Gasteiger partial charge >= 0.3 is 0 Å². The quantitative estimate of drug-likeness (QED) is 0.864. The molecule has 7 heteroatoms. The van der Waals surface area contributed by atoms with Gasteiger partial charge in [0.1, 0.15) is 0 Å². The van der Waals surface area contributed by atoms with Crippen molar-refractivity contribution >= 4 is 26.5 Å². The summed E-state index contributed by atoms with van der Waals surface area (Å²) >= 11 is 1.34. The van der Waals surface area contributed by atoms with Crippen molar-refractivity contribution in [3.8, 4) is 0 Å². The van der Waals surface area contributed by atoms with Crippen LogP contribution >= 0.6 is 11.3 Å². The fourth-order valence-corrected chi connectivity index (χ4v) is 4.41. The SMILES string of the molecule is CC(N)c1csc(N2CCCCS2(=O)=O)n1. The molecular formula is C9H15N3O2S2. The third kappa shape index (κ3) is 2.21. The molecule has 1 saturated heterocycles. The van der Waals surface area contributed by atoms with E-state index in [-0.39, 0.29) is 11.8 Å². The van der Waals surface area contributed by atoms with E-state index in [9.17, 15) is 8.42 Å². The second kappa shape index (κ2) is 4.31. The molecule has 1 fully saturated rings. The number of rotatable bonds is 2. The Hall–Kier alpha value is -0.660. The van der Waals surface area contributed by atoms with Crippen LogP contribution in [0.2, 0.25) is 0 Å². The van der Waals surface area contributed by atoms with Gasteiger partial charge in [0, 0.05) is 18.0 Å². The summed E-state index contributed by atoms with van der Waals surface area (Å²) in [5, 5.41) is 2.37. The maximum absolute atomic E-state index is 11.8. The van der Waals surface area contributed by atoms with Gasteiger partial charge in [0.2, 0.25) is 10.0 Å². The molecule has 2 rings (SSSR count). The lowest BCUT2D eigenvalue weighted by atomic mass is 10.3. The normalized spacial score (nSPS) is 22.0. The highest BCUT2D eigenvalue weighted by atomic mass is 32.2. The summed E-state index contributed by atoms with van der Waals surface area (Å²) < 4.78 is 25.1. The van der Waals surface area contributed by atoms with Crippen LogP contribution in [0.5, 0.6) is 0 Å². The molecule has 1 aliphatic rings. The second-order valence-electron chi connectivity index (χ2n) is 3.94. The minimum absolute atomic E-state index is 0.155. The molecule has 0 bridgehead atoms. The summed E-state index contributed by atoms with van der Waals surface area (Å²) in [6, 6.07) is -0.155. The van der Waals surface area contributed by atoms with Crippen LogP contribution in [-0.4, -0.2) is 25.7 Å². The average molecular weight is 261 g/mol. The molecule has 16 heavy (non-hydrogen) atoms. The Morgan fingerprint density at radius 1 is 1.56 bits per heavy atom. The molecule has 2 N–H and O–H groups in total. The van der Waals surface area contributed by atoms with E-state index in [0.29, 0.717) is 11.7 Å². The van der Waals surface area contributed by atoms with Gasteiger partial charge in [-0.1, -0.05) is 0 Å². The molecule has 90 valence electrons. The molecule has 1 aliphatic heterocycles. The summed E-state index contributed by atoms with van der Waals surface area (Å²) in [6.07, 6.45) is 1.64. The average Bonchev–Trinajstić information content (AvgIpc) is 2.65. The smallest absolute Gasteiger partial charge is 0.236 e. The van der Waals surface area contributed by atoms with Crippen molar-refractivity contribution < 1.29 is 8.42 Å². The monoisotopic (exact) mass is 261 g/mol. The first-order chi connectivity index (χ1) is 7.50. The molecule has 1 aromatic rings. The van der Waals surface area contributed by atoms with Gasteiger partial charge < -0.3 is 5.73 Å². The predicted octanol–water partition coefficient (Wildman–Crippen LogP) is 1.09. The van der Waals surface area contributed by atoms with Crippen molar-refractivity contribution in [3.05, 3.63) is 11.1 Å². The lowest BCUT2D eigenvalue weighted by Crippen LogP contribution is -2.37. The molecule has 0 amide bonds. The Labute approximate surface area is 99.3 Å². The molecule has 2 heterocycles. The topological polar surface area (TPSA) is 76.3 Å². The highest BCUT2D eigenvalue weighted by Gasteiger charge is 2.28. The maximum atomic E-state index is 11.8. The Bertz CT molecular complexity index is 467. The van der Waals surface area contributed by atoms with Crippen LogP contribution in [-0.2, 0) is 10.0 Å². The van der Waals surface area contributed by atoms with Gasteiger partial charge in [-0.25, -0.2) is 17.7 Å². The molecule has 1 aromatic heterocycles. The van der Waals surface area contributed by atoms with E-state index in [0.717, 1.165) is 18.5 Å². The van der Waals surface area contributed by atoms with E-state index >= 15 is 0 Å². The standard InChI is InChI=1S/C9H15N3O2S2/c1-7(10)8-6-15-9(11-8)12-4-2-3-5-16(12,13)14/h6-7H,2-5,10H2,1H3. The summed E-state index contributed by atoms with van der Waals surface area (Å²) in [5.41, 5.74) is 6.45. The third-order valence-electron chi connectivity index (χ3n) is 2.54. The number of hydrogen-bond acceptors (Lipinski definition) is 5. The van der Waals surface area contributed by atoms with Crippen LogP contribution in [0.15, 0.2) is 5.38 Å². The zero-order valence-corrected chi connectivity index (χ0v) is 10.7. The summed E-state index contributed by atoms with van der Waals surface area (Å²) in [7, 11) is -3.15. The molecule has 0 aliphatic carbocycles. The molecular weight excluding hydrogens is 246 g/mol. The minimum atomic E-state index is -3.15. The Kier molecular flexibility index (Phi) is 3.18. The van der Waals surface area contributed by atoms with Crippen molar-refractivity contribution in [2.24, 2.45) is 5.73 Å². The number of thiazole rings is 1. The molecule has 0 spiro atoms. The van der Waals surface area contributed by atoms with E-state index in [1.807, 2.05) is 12.3 Å². The lowest BCUT2D eigenvalue weighted by molar-refractivity contribution is 0.574. The number of sulfonamides is 1. The van der Waals surface area contributed by atoms with Gasteiger partial charge in [0.05, 0.1) is 11.4 Å². The van der Waals surface area contributed by atoms with Gasteiger partial charge in [0.25, 0.3) is 0 Å².